The fourth-order valence-corrected chi connectivity index (χ4v) is 5.09. The van der Waals surface area contributed by atoms with Crippen molar-refractivity contribution in [3.63, 3.8) is 0 Å². The first kappa shape index (κ1) is 24.1. The molecule has 2 amide bonds. The molecule has 0 atom stereocenters. The van der Waals surface area contributed by atoms with Gasteiger partial charge in [0.15, 0.2) is 34.5 Å². The van der Waals surface area contributed by atoms with E-state index >= 15 is 0 Å². The monoisotopic (exact) mass is 519 g/mol. The molecule has 2 aliphatic heterocycles. The van der Waals surface area contributed by atoms with Gasteiger partial charge in [0, 0.05) is 25.1 Å². The molecule has 6 rings (SSSR count). The van der Waals surface area contributed by atoms with E-state index in [0.29, 0.717) is 41.8 Å². The van der Waals surface area contributed by atoms with Gasteiger partial charge in [-0.25, -0.2) is 0 Å². The Hall–Kier alpha value is -4.21. The molecule has 1 fully saturated rings. The molecule has 10 heteroatoms. The molecule has 1 aromatic heterocycles. The van der Waals surface area contributed by atoms with Crippen LogP contribution < -0.4 is 24.3 Å². The number of hydrogen-bond donors (Lipinski definition) is 1. The summed E-state index contributed by atoms with van der Waals surface area (Å²) < 4.78 is 27.1. The molecule has 0 radical (unpaired) electrons. The molecular formula is C28H29N3O7. The van der Waals surface area contributed by atoms with Gasteiger partial charge in [-0.15, -0.1) is 0 Å². The van der Waals surface area contributed by atoms with E-state index in [-0.39, 0.29) is 43.6 Å². The minimum atomic E-state index is -0.362. The number of nitrogens with zero attached hydrogens (tertiary/aromatic N) is 2. The van der Waals surface area contributed by atoms with Crippen LogP contribution in [0.25, 0.3) is 0 Å². The molecule has 3 heterocycles. The van der Waals surface area contributed by atoms with Crippen molar-refractivity contribution in [2.45, 2.75) is 51.7 Å². The second-order valence-electron chi connectivity index (χ2n) is 9.77. The van der Waals surface area contributed by atoms with Gasteiger partial charge < -0.3 is 33.7 Å². The maximum Gasteiger partial charge on any atom is 0.273 e. The fourth-order valence-electron chi connectivity index (χ4n) is 5.09. The third kappa shape index (κ3) is 5.25. The number of aromatic nitrogens is 1. The molecule has 3 aliphatic rings. The first-order valence-electron chi connectivity index (χ1n) is 12.9. The van der Waals surface area contributed by atoms with Crippen LogP contribution in [0, 0.1) is 5.92 Å². The van der Waals surface area contributed by atoms with Crippen LogP contribution in [0.3, 0.4) is 0 Å². The van der Waals surface area contributed by atoms with Crippen molar-refractivity contribution in [1.29, 1.82) is 0 Å². The number of carbonyl (C=O) groups excluding carboxylic acids is 2. The fraction of sp³-hybridized carbons (Fsp3) is 0.393. The van der Waals surface area contributed by atoms with Gasteiger partial charge in [-0.3, -0.25) is 9.59 Å². The van der Waals surface area contributed by atoms with Gasteiger partial charge in [0.05, 0.1) is 6.54 Å². The van der Waals surface area contributed by atoms with Crippen molar-refractivity contribution < 1.29 is 33.1 Å². The smallest absolute Gasteiger partial charge is 0.273 e. The van der Waals surface area contributed by atoms with Gasteiger partial charge in [-0.1, -0.05) is 36.6 Å². The number of benzene rings is 2. The second-order valence-corrected chi connectivity index (χ2v) is 9.77. The highest BCUT2D eigenvalue weighted by molar-refractivity contribution is 5.92. The molecule has 0 spiro atoms. The summed E-state index contributed by atoms with van der Waals surface area (Å²) in [7, 11) is 0. The Balaban J connectivity index is 1.13. The van der Waals surface area contributed by atoms with Crippen LogP contribution in [0.5, 0.6) is 23.0 Å². The highest BCUT2D eigenvalue weighted by Crippen LogP contribution is 2.34. The Kier molecular flexibility index (Phi) is 6.76. The Morgan fingerprint density at radius 2 is 1.47 bits per heavy atom. The zero-order valence-electron chi connectivity index (χ0n) is 20.9. The molecule has 0 saturated heterocycles. The summed E-state index contributed by atoms with van der Waals surface area (Å²) in [5, 5.41) is 6.81. The average Bonchev–Trinajstić information content (AvgIpc) is 3.72. The van der Waals surface area contributed by atoms with Crippen LogP contribution in [-0.2, 0) is 24.4 Å². The molecule has 0 bridgehead atoms. The van der Waals surface area contributed by atoms with Crippen LogP contribution in [0.15, 0.2) is 47.0 Å². The predicted octanol–water partition coefficient (Wildman–Crippen LogP) is 4.17. The summed E-state index contributed by atoms with van der Waals surface area (Å²) in [6, 6.07) is 12.8. The van der Waals surface area contributed by atoms with Gasteiger partial charge >= 0.3 is 0 Å². The number of ether oxygens (including phenoxy) is 4. The SMILES string of the molecule is O=C(NCc1ccc2c(c1)OCO2)c1cc(CN(Cc2ccc3c(c2)OCO3)C(=O)C2CCCCC2)on1. The van der Waals surface area contributed by atoms with Crippen molar-refractivity contribution in [2.75, 3.05) is 13.6 Å². The molecule has 1 saturated carbocycles. The number of nitrogens with one attached hydrogen (secondary N) is 1. The van der Waals surface area contributed by atoms with E-state index in [2.05, 4.69) is 10.5 Å². The van der Waals surface area contributed by atoms with Gasteiger partial charge in [0.2, 0.25) is 19.5 Å². The lowest BCUT2D eigenvalue weighted by molar-refractivity contribution is -0.138. The third-order valence-corrected chi connectivity index (χ3v) is 7.10. The van der Waals surface area contributed by atoms with Crippen molar-refractivity contribution in [2.24, 2.45) is 5.92 Å². The number of carbonyl (C=O) groups is 2. The zero-order valence-corrected chi connectivity index (χ0v) is 20.9. The van der Waals surface area contributed by atoms with Gasteiger partial charge in [-0.05, 0) is 48.2 Å². The maximum absolute atomic E-state index is 13.5. The number of hydrogen-bond acceptors (Lipinski definition) is 8. The van der Waals surface area contributed by atoms with E-state index in [4.69, 9.17) is 23.5 Å². The van der Waals surface area contributed by atoms with Crippen molar-refractivity contribution >= 4 is 11.8 Å². The maximum atomic E-state index is 13.5. The van der Waals surface area contributed by atoms with Crippen molar-refractivity contribution in [1.82, 2.24) is 15.4 Å². The lowest BCUT2D eigenvalue weighted by Crippen LogP contribution is -2.36. The standard InChI is InChI=1S/C28H29N3O7/c32-27(29-13-18-6-8-23-25(10-18)36-16-34-23)22-12-21(38-30-22)15-31(28(33)20-4-2-1-3-5-20)14-19-7-9-24-26(11-19)37-17-35-24/h6-12,20H,1-5,13-17H2,(H,29,32). The van der Waals surface area contributed by atoms with E-state index in [0.717, 1.165) is 36.8 Å². The van der Waals surface area contributed by atoms with E-state index in [1.165, 1.54) is 6.42 Å². The quantitative estimate of drug-likeness (QED) is 0.472. The lowest BCUT2D eigenvalue weighted by Gasteiger charge is -2.29. The summed E-state index contributed by atoms with van der Waals surface area (Å²) >= 11 is 0. The molecule has 2 aromatic carbocycles. The Labute approximate surface area is 219 Å². The molecule has 1 N–H and O–H groups in total. The molecule has 10 nitrogen and oxygen atoms in total. The molecule has 38 heavy (non-hydrogen) atoms. The van der Waals surface area contributed by atoms with Crippen LogP contribution >= 0.6 is 0 Å². The zero-order chi connectivity index (χ0) is 25.9. The molecule has 0 unspecified atom stereocenters. The Bertz CT molecular complexity index is 1330. The van der Waals surface area contributed by atoms with E-state index in [9.17, 15) is 9.59 Å². The average molecular weight is 520 g/mol. The highest BCUT2D eigenvalue weighted by atomic mass is 16.7. The summed E-state index contributed by atoms with van der Waals surface area (Å²) in [6.07, 6.45) is 5.06. The van der Waals surface area contributed by atoms with Crippen LogP contribution in [0.2, 0.25) is 0 Å². The Morgan fingerprint density at radius 1 is 0.816 bits per heavy atom. The van der Waals surface area contributed by atoms with Crippen molar-refractivity contribution in [3.8, 4) is 23.0 Å². The first-order valence-corrected chi connectivity index (χ1v) is 12.9. The van der Waals surface area contributed by atoms with Crippen LogP contribution in [0.1, 0.15) is 59.5 Å². The molecule has 3 aromatic rings. The highest BCUT2D eigenvalue weighted by Gasteiger charge is 2.28. The minimum Gasteiger partial charge on any atom is -0.454 e. The van der Waals surface area contributed by atoms with Gasteiger partial charge in [0.1, 0.15) is 0 Å². The Morgan fingerprint density at radius 3 is 2.21 bits per heavy atom. The molecule has 198 valence electrons. The summed E-state index contributed by atoms with van der Waals surface area (Å²) in [5.41, 5.74) is 1.97. The van der Waals surface area contributed by atoms with E-state index in [1.54, 1.807) is 11.0 Å². The van der Waals surface area contributed by atoms with Crippen molar-refractivity contribution in [3.05, 3.63) is 65.0 Å². The molecule has 1 aliphatic carbocycles. The first-order chi connectivity index (χ1) is 18.6. The normalized spacial score (nSPS) is 15.9. The summed E-state index contributed by atoms with van der Waals surface area (Å²) in [6.45, 7) is 1.29. The summed E-state index contributed by atoms with van der Waals surface area (Å²) in [4.78, 5) is 28.0. The van der Waals surface area contributed by atoms with Gasteiger partial charge in [0.25, 0.3) is 5.91 Å². The second kappa shape index (κ2) is 10.6. The minimum absolute atomic E-state index is 0.00912. The molecular weight excluding hydrogens is 490 g/mol. The van der Waals surface area contributed by atoms with Crippen LogP contribution in [-0.4, -0.2) is 35.5 Å². The van der Waals surface area contributed by atoms with Crippen LogP contribution in [0.4, 0.5) is 0 Å². The largest absolute Gasteiger partial charge is 0.454 e. The number of amides is 2. The number of rotatable bonds is 8. The third-order valence-electron chi connectivity index (χ3n) is 7.10. The summed E-state index contributed by atoms with van der Waals surface area (Å²) in [5.74, 6) is 2.89. The van der Waals surface area contributed by atoms with E-state index < -0.39 is 0 Å². The topological polar surface area (TPSA) is 112 Å². The number of fused-ring (bicyclic) bond motifs is 2. The predicted molar refractivity (Wildman–Crippen MR) is 134 cm³/mol. The van der Waals surface area contributed by atoms with E-state index in [1.807, 2.05) is 36.4 Å². The lowest BCUT2D eigenvalue weighted by atomic mass is 9.88. The van der Waals surface area contributed by atoms with Gasteiger partial charge in [-0.2, -0.15) is 0 Å².